The van der Waals surface area contributed by atoms with Crippen LogP contribution in [0.3, 0.4) is 0 Å². The maximum Gasteiger partial charge on any atom is 0.573 e. The van der Waals surface area contributed by atoms with Gasteiger partial charge in [0.05, 0.1) is 10.2 Å². The van der Waals surface area contributed by atoms with Crippen LogP contribution in [0.5, 0.6) is 5.75 Å². The quantitative estimate of drug-likeness (QED) is 0.734. The van der Waals surface area contributed by atoms with Crippen molar-refractivity contribution in [3.8, 4) is 5.75 Å². The second-order valence-electron chi connectivity index (χ2n) is 4.08. The molecule has 0 radical (unpaired) electrons. The van der Waals surface area contributed by atoms with Gasteiger partial charge in [-0.15, -0.1) is 18.3 Å². The minimum Gasteiger partial charge on any atom is -0.457 e. The lowest BCUT2D eigenvalue weighted by molar-refractivity contribution is -0.274. The molecule has 0 atom stereocenters. The number of benzene rings is 1. The molecule has 0 N–H and O–H groups in total. The number of alkyl halides is 3. The Kier molecular flexibility index (Phi) is 5.01. The SMILES string of the molecule is Cc1nnsc1C(=O)OCc1ccc(OC(F)(F)F)c(Br)c1. The molecule has 0 aliphatic heterocycles. The van der Waals surface area contributed by atoms with Gasteiger partial charge in [-0.05, 0) is 52.1 Å². The molecule has 0 fully saturated rings. The van der Waals surface area contributed by atoms with Gasteiger partial charge in [0.1, 0.15) is 12.4 Å². The fourth-order valence-electron chi connectivity index (χ4n) is 1.47. The molecule has 0 saturated heterocycles. The van der Waals surface area contributed by atoms with Gasteiger partial charge in [-0.3, -0.25) is 0 Å². The van der Waals surface area contributed by atoms with E-state index in [9.17, 15) is 18.0 Å². The second kappa shape index (κ2) is 6.61. The van der Waals surface area contributed by atoms with Gasteiger partial charge < -0.3 is 9.47 Å². The highest BCUT2D eigenvalue weighted by Crippen LogP contribution is 2.31. The number of rotatable bonds is 4. The fourth-order valence-corrected chi connectivity index (χ4v) is 2.53. The van der Waals surface area contributed by atoms with Crippen LogP contribution in [0.15, 0.2) is 22.7 Å². The van der Waals surface area contributed by atoms with E-state index in [0.29, 0.717) is 11.3 Å². The van der Waals surface area contributed by atoms with E-state index < -0.39 is 12.3 Å². The lowest BCUT2D eigenvalue weighted by Crippen LogP contribution is -2.17. The van der Waals surface area contributed by atoms with Crippen molar-refractivity contribution < 1.29 is 27.4 Å². The van der Waals surface area contributed by atoms with Gasteiger partial charge in [-0.2, -0.15) is 0 Å². The van der Waals surface area contributed by atoms with Crippen LogP contribution < -0.4 is 4.74 Å². The Balaban J connectivity index is 2.01. The first-order valence-corrected chi connectivity index (χ1v) is 7.33. The number of esters is 1. The number of hydrogen-bond donors (Lipinski definition) is 0. The molecule has 1 aromatic heterocycles. The molecule has 0 aliphatic carbocycles. The average molecular weight is 397 g/mol. The molecule has 0 unspecified atom stereocenters. The summed E-state index contributed by atoms with van der Waals surface area (Å²) in [5, 5.41) is 3.69. The number of carbonyl (C=O) groups is 1. The lowest BCUT2D eigenvalue weighted by atomic mass is 10.2. The summed E-state index contributed by atoms with van der Waals surface area (Å²) in [4.78, 5) is 12.1. The Morgan fingerprint density at radius 2 is 2.14 bits per heavy atom. The molecule has 22 heavy (non-hydrogen) atoms. The summed E-state index contributed by atoms with van der Waals surface area (Å²) in [6.45, 7) is 1.53. The third kappa shape index (κ3) is 4.41. The van der Waals surface area contributed by atoms with Crippen LogP contribution >= 0.6 is 27.5 Å². The molecule has 2 rings (SSSR count). The monoisotopic (exact) mass is 396 g/mol. The summed E-state index contributed by atoms with van der Waals surface area (Å²) in [6.07, 6.45) is -4.77. The predicted molar refractivity (Wildman–Crippen MR) is 74.6 cm³/mol. The first kappa shape index (κ1) is 16.7. The highest BCUT2D eigenvalue weighted by atomic mass is 79.9. The van der Waals surface area contributed by atoms with E-state index in [1.165, 1.54) is 12.1 Å². The topological polar surface area (TPSA) is 61.3 Å². The van der Waals surface area contributed by atoms with Crippen LogP contribution in [0.2, 0.25) is 0 Å². The van der Waals surface area contributed by atoms with Crippen molar-refractivity contribution in [2.24, 2.45) is 0 Å². The zero-order valence-electron chi connectivity index (χ0n) is 11.0. The normalized spacial score (nSPS) is 11.3. The van der Waals surface area contributed by atoms with Crippen LogP contribution in [-0.4, -0.2) is 21.9 Å². The van der Waals surface area contributed by atoms with Gasteiger partial charge in [-0.25, -0.2) is 4.79 Å². The summed E-state index contributed by atoms with van der Waals surface area (Å²) in [7, 11) is 0. The van der Waals surface area contributed by atoms with Crippen molar-refractivity contribution in [3.63, 3.8) is 0 Å². The molecule has 10 heteroatoms. The molecule has 1 aromatic carbocycles. The number of halogens is 4. The maximum atomic E-state index is 12.1. The zero-order chi connectivity index (χ0) is 16.3. The standard InChI is InChI=1S/C12H8BrF3N2O3S/c1-6-10(22-18-17-6)11(19)20-5-7-2-3-9(8(13)4-7)21-12(14,15)16/h2-4H,5H2,1H3. The van der Waals surface area contributed by atoms with Gasteiger partial charge in [0, 0.05) is 0 Å². The minimum absolute atomic E-state index is 0.0962. The first-order valence-electron chi connectivity index (χ1n) is 5.76. The number of nitrogens with zero attached hydrogens (tertiary/aromatic N) is 2. The van der Waals surface area contributed by atoms with E-state index in [1.807, 2.05) is 0 Å². The summed E-state index contributed by atoms with van der Waals surface area (Å²) in [6, 6.07) is 3.89. The number of aryl methyl sites for hydroxylation is 1. The number of carbonyl (C=O) groups excluding carboxylic acids is 1. The Morgan fingerprint density at radius 1 is 1.41 bits per heavy atom. The van der Waals surface area contributed by atoms with Crippen molar-refractivity contribution in [1.29, 1.82) is 0 Å². The maximum absolute atomic E-state index is 12.1. The van der Waals surface area contributed by atoms with Crippen molar-refractivity contribution >= 4 is 33.4 Å². The van der Waals surface area contributed by atoms with E-state index in [2.05, 4.69) is 30.3 Å². The van der Waals surface area contributed by atoms with E-state index >= 15 is 0 Å². The van der Waals surface area contributed by atoms with Crippen LogP contribution in [0, 0.1) is 6.92 Å². The average Bonchev–Trinajstić information content (AvgIpc) is 2.84. The lowest BCUT2D eigenvalue weighted by Gasteiger charge is -2.11. The highest BCUT2D eigenvalue weighted by Gasteiger charge is 2.31. The molecular formula is C12H8BrF3N2O3S. The predicted octanol–water partition coefficient (Wildman–Crippen LogP) is 3.86. The van der Waals surface area contributed by atoms with Gasteiger partial charge in [0.15, 0.2) is 4.88 Å². The largest absolute Gasteiger partial charge is 0.573 e. The Morgan fingerprint density at radius 3 is 2.68 bits per heavy atom. The Labute approximate surface area is 135 Å². The molecule has 0 aliphatic rings. The highest BCUT2D eigenvalue weighted by molar-refractivity contribution is 9.10. The molecule has 0 spiro atoms. The molecule has 1 heterocycles. The van der Waals surface area contributed by atoms with E-state index in [-0.39, 0.29) is 21.7 Å². The Bertz CT molecular complexity index is 690. The molecule has 118 valence electrons. The van der Waals surface area contributed by atoms with Gasteiger partial charge >= 0.3 is 12.3 Å². The summed E-state index contributed by atoms with van der Waals surface area (Å²) < 4.78 is 49.0. The second-order valence-corrected chi connectivity index (χ2v) is 5.68. The van der Waals surface area contributed by atoms with Crippen molar-refractivity contribution in [3.05, 3.63) is 38.8 Å². The van der Waals surface area contributed by atoms with Gasteiger partial charge in [-0.1, -0.05) is 10.6 Å². The molecule has 5 nitrogen and oxygen atoms in total. The number of aromatic nitrogens is 2. The number of hydrogen-bond acceptors (Lipinski definition) is 6. The first-order chi connectivity index (χ1) is 10.3. The fraction of sp³-hybridized carbons (Fsp3) is 0.250. The minimum atomic E-state index is -4.77. The van der Waals surface area contributed by atoms with Crippen LogP contribution in [0.1, 0.15) is 20.9 Å². The van der Waals surface area contributed by atoms with Crippen molar-refractivity contribution in [2.75, 3.05) is 0 Å². The number of ether oxygens (including phenoxy) is 2. The Hall–Kier alpha value is -1.68. The van der Waals surface area contributed by atoms with Crippen LogP contribution in [0.25, 0.3) is 0 Å². The van der Waals surface area contributed by atoms with E-state index in [1.54, 1.807) is 6.92 Å². The van der Waals surface area contributed by atoms with Crippen molar-refractivity contribution in [1.82, 2.24) is 9.59 Å². The van der Waals surface area contributed by atoms with E-state index in [0.717, 1.165) is 17.6 Å². The molecule has 2 aromatic rings. The van der Waals surface area contributed by atoms with Gasteiger partial charge in [0.2, 0.25) is 0 Å². The van der Waals surface area contributed by atoms with Crippen LogP contribution in [-0.2, 0) is 11.3 Å². The molecule has 0 saturated carbocycles. The molecular weight excluding hydrogens is 389 g/mol. The van der Waals surface area contributed by atoms with Gasteiger partial charge in [0.25, 0.3) is 0 Å². The third-order valence-corrected chi connectivity index (χ3v) is 3.86. The molecule has 0 amide bonds. The third-order valence-electron chi connectivity index (χ3n) is 2.43. The summed E-state index contributed by atoms with van der Waals surface area (Å²) in [5.41, 5.74) is 0.968. The summed E-state index contributed by atoms with van der Waals surface area (Å²) >= 11 is 3.89. The van der Waals surface area contributed by atoms with Crippen molar-refractivity contribution in [2.45, 2.75) is 19.9 Å². The molecule has 0 bridgehead atoms. The zero-order valence-corrected chi connectivity index (χ0v) is 13.4. The summed E-state index contributed by atoms with van der Waals surface area (Å²) in [5.74, 6) is -0.954. The van der Waals surface area contributed by atoms with Crippen LogP contribution in [0.4, 0.5) is 13.2 Å². The van der Waals surface area contributed by atoms with E-state index in [4.69, 9.17) is 4.74 Å². The smallest absolute Gasteiger partial charge is 0.457 e.